The molecule has 1 rings (SSSR count). The van der Waals surface area contributed by atoms with Gasteiger partial charge in [-0.05, 0) is 37.3 Å². The first-order valence-electron chi connectivity index (χ1n) is 6.44. The van der Waals surface area contributed by atoms with Gasteiger partial charge in [-0.15, -0.1) is 0 Å². The third-order valence-electron chi connectivity index (χ3n) is 3.55. The first-order valence-corrected chi connectivity index (χ1v) is 6.44. The van der Waals surface area contributed by atoms with Crippen molar-refractivity contribution >= 4 is 0 Å². The van der Waals surface area contributed by atoms with Crippen molar-refractivity contribution in [2.75, 3.05) is 13.1 Å². The molecule has 1 heteroatoms. The summed E-state index contributed by atoms with van der Waals surface area (Å²) in [6.45, 7) is 9.37. The Hall–Kier alpha value is -0.0400. The van der Waals surface area contributed by atoms with Crippen LogP contribution in [0.4, 0.5) is 0 Å². The summed E-state index contributed by atoms with van der Waals surface area (Å²) >= 11 is 0. The molecule has 2 atom stereocenters. The summed E-state index contributed by atoms with van der Waals surface area (Å²) < 4.78 is 0. The molecular formula is C13H27N. The van der Waals surface area contributed by atoms with Crippen molar-refractivity contribution in [3.05, 3.63) is 0 Å². The van der Waals surface area contributed by atoms with Crippen LogP contribution in [0.2, 0.25) is 0 Å². The number of nitrogens with one attached hydrogen (secondary N) is 1. The van der Waals surface area contributed by atoms with E-state index in [4.69, 9.17) is 0 Å². The Kier molecular flexibility index (Phi) is 5.54. The topological polar surface area (TPSA) is 12.0 Å². The standard InChI is InChI=1S/C13H27N/c1-4-12-7-5-6-8-13(12)10-14-9-11(2)3/h11-14H,4-10H2,1-3H3. The monoisotopic (exact) mass is 197 g/mol. The van der Waals surface area contributed by atoms with Gasteiger partial charge in [0.15, 0.2) is 0 Å². The molecule has 1 fully saturated rings. The highest BCUT2D eigenvalue weighted by atomic mass is 14.9. The molecule has 0 saturated heterocycles. The molecule has 0 bridgehead atoms. The maximum atomic E-state index is 3.62. The molecule has 84 valence electrons. The summed E-state index contributed by atoms with van der Waals surface area (Å²) in [5.41, 5.74) is 0. The highest BCUT2D eigenvalue weighted by Crippen LogP contribution is 2.31. The smallest absolute Gasteiger partial charge is 0.00178 e. The van der Waals surface area contributed by atoms with Crippen molar-refractivity contribution in [3.63, 3.8) is 0 Å². The SMILES string of the molecule is CCC1CCCCC1CNCC(C)C. The third kappa shape index (κ3) is 4.00. The predicted molar refractivity (Wildman–Crippen MR) is 63.4 cm³/mol. The Morgan fingerprint density at radius 3 is 2.36 bits per heavy atom. The van der Waals surface area contributed by atoms with Crippen LogP contribution in [-0.4, -0.2) is 13.1 Å². The highest BCUT2D eigenvalue weighted by Gasteiger charge is 2.22. The molecule has 1 N–H and O–H groups in total. The summed E-state index contributed by atoms with van der Waals surface area (Å²) in [6, 6.07) is 0. The van der Waals surface area contributed by atoms with Crippen LogP contribution in [0.1, 0.15) is 52.9 Å². The predicted octanol–water partition coefficient (Wildman–Crippen LogP) is 3.45. The lowest BCUT2D eigenvalue weighted by Gasteiger charge is -2.31. The fourth-order valence-corrected chi connectivity index (χ4v) is 2.65. The molecule has 0 aromatic heterocycles. The molecule has 1 nitrogen and oxygen atoms in total. The van der Waals surface area contributed by atoms with E-state index in [1.54, 1.807) is 0 Å². The van der Waals surface area contributed by atoms with Crippen molar-refractivity contribution in [2.45, 2.75) is 52.9 Å². The van der Waals surface area contributed by atoms with Crippen molar-refractivity contribution in [2.24, 2.45) is 17.8 Å². The van der Waals surface area contributed by atoms with E-state index >= 15 is 0 Å². The Balaban J connectivity index is 2.19. The summed E-state index contributed by atoms with van der Waals surface area (Å²) in [4.78, 5) is 0. The largest absolute Gasteiger partial charge is 0.316 e. The molecule has 0 aromatic carbocycles. The Morgan fingerprint density at radius 1 is 1.14 bits per heavy atom. The van der Waals surface area contributed by atoms with Crippen molar-refractivity contribution in [1.29, 1.82) is 0 Å². The minimum Gasteiger partial charge on any atom is -0.316 e. The second kappa shape index (κ2) is 6.44. The number of hydrogen-bond donors (Lipinski definition) is 1. The van der Waals surface area contributed by atoms with Crippen LogP contribution < -0.4 is 5.32 Å². The van der Waals surface area contributed by atoms with Gasteiger partial charge < -0.3 is 5.32 Å². The van der Waals surface area contributed by atoms with E-state index in [2.05, 4.69) is 26.1 Å². The maximum absolute atomic E-state index is 3.62. The first-order chi connectivity index (χ1) is 6.74. The fourth-order valence-electron chi connectivity index (χ4n) is 2.65. The van der Waals surface area contributed by atoms with E-state index < -0.39 is 0 Å². The summed E-state index contributed by atoms with van der Waals surface area (Å²) in [5, 5.41) is 3.62. The van der Waals surface area contributed by atoms with Crippen molar-refractivity contribution in [1.82, 2.24) is 5.32 Å². The van der Waals surface area contributed by atoms with Gasteiger partial charge in [-0.1, -0.05) is 46.5 Å². The molecule has 0 spiro atoms. The fraction of sp³-hybridized carbons (Fsp3) is 1.00. The quantitative estimate of drug-likeness (QED) is 0.712. The molecule has 2 unspecified atom stereocenters. The zero-order chi connectivity index (χ0) is 10.4. The van der Waals surface area contributed by atoms with Crippen LogP contribution in [0.25, 0.3) is 0 Å². The van der Waals surface area contributed by atoms with E-state index in [0.717, 1.165) is 17.8 Å². The lowest BCUT2D eigenvalue weighted by Crippen LogP contribution is -2.32. The van der Waals surface area contributed by atoms with Gasteiger partial charge in [0.1, 0.15) is 0 Å². The van der Waals surface area contributed by atoms with Gasteiger partial charge in [0.2, 0.25) is 0 Å². The summed E-state index contributed by atoms with van der Waals surface area (Å²) in [7, 11) is 0. The molecular weight excluding hydrogens is 170 g/mol. The number of hydrogen-bond acceptors (Lipinski definition) is 1. The molecule has 0 aliphatic heterocycles. The molecule has 1 saturated carbocycles. The minimum atomic E-state index is 0.790. The van der Waals surface area contributed by atoms with Gasteiger partial charge in [-0.3, -0.25) is 0 Å². The van der Waals surface area contributed by atoms with Gasteiger partial charge in [0, 0.05) is 0 Å². The van der Waals surface area contributed by atoms with Crippen LogP contribution in [0.5, 0.6) is 0 Å². The van der Waals surface area contributed by atoms with Gasteiger partial charge >= 0.3 is 0 Å². The molecule has 0 amide bonds. The van der Waals surface area contributed by atoms with Crippen LogP contribution in [0, 0.1) is 17.8 Å². The average Bonchev–Trinajstić information content (AvgIpc) is 2.18. The zero-order valence-corrected chi connectivity index (χ0v) is 10.2. The van der Waals surface area contributed by atoms with Gasteiger partial charge in [0.25, 0.3) is 0 Å². The average molecular weight is 197 g/mol. The van der Waals surface area contributed by atoms with Gasteiger partial charge in [0.05, 0.1) is 0 Å². The molecule has 0 aromatic rings. The first kappa shape index (κ1) is 12.0. The molecule has 0 heterocycles. The van der Waals surface area contributed by atoms with E-state index in [9.17, 15) is 0 Å². The Bertz CT molecular complexity index is 142. The van der Waals surface area contributed by atoms with Crippen LogP contribution in [-0.2, 0) is 0 Å². The highest BCUT2D eigenvalue weighted by molar-refractivity contribution is 4.76. The third-order valence-corrected chi connectivity index (χ3v) is 3.55. The van der Waals surface area contributed by atoms with E-state index in [1.807, 2.05) is 0 Å². The summed E-state index contributed by atoms with van der Waals surface area (Å²) in [6.07, 6.45) is 7.26. The normalized spacial score (nSPS) is 28.3. The van der Waals surface area contributed by atoms with E-state index in [1.165, 1.54) is 45.2 Å². The second-order valence-electron chi connectivity index (χ2n) is 5.26. The molecule has 0 radical (unpaired) electrons. The van der Waals surface area contributed by atoms with E-state index in [-0.39, 0.29) is 0 Å². The van der Waals surface area contributed by atoms with Crippen LogP contribution in [0.3, 0.4) is 0 Å². The maximum Gasteiger partial charge on any atom is -0.00178 e. The lowest BCUT2D eigenvalue weighted by atomic mass is 9.78. The minimum absolute atomic E-state index is 0.790. The molecule has 1 aliphatic rings. The van der Waals surface area contributed by atoms with Crippen molar-refractivity contribution < 1.29 is 0 Å². The van der Waals surface area contributed by atoms with E-state index in [0.29, 0.717) is 0 Å². The molecule has 1 aliphatic carbocycles. The van der Waals surface area contributed by atoms with Crippen LogP contribution in [0.15, 0.2) is 0 Å². The van der Waals surface area contributed by atoms with Crippen LogP contribution >= 0.6 is 0 Å². The molecule has 14 heavy (non-hydrogen) atoms. The number of rotatable bonds is 5. The Morgan fingerprint density at radius 2 is 1.79 bits per heavy atom. The Labute approximate surface area is 89.7 Å². The lowest BCUT2D eigenvalue weighted by molar-refractivity contribution is 0.222. The van der Waals surface area contributed by atoms with Crippen molar-refractivity contribution in [3.8, 4) is 0 Å². The van der Waals surface area contributed by atoms with Gasteiger partial charge in [-0.2, -0.15) is 0 Å². The van der Waals surface area contributed by atoms with Gasteiger partial charge in [-0.25, -0.2) is 0 Å². The zero-order valence-electron chi connectivity index (χ0n) is 10.2. The summed E-state index contributed by atoms with van der Waals surface area (Å²) in [5.74, 6) is 2.76. The second-order valence-corrected chi connectivity index (χ2v) is 5.26.